The Kier molecular flexibility index (Phi) is 18.5. The van der Waals surface area contributed by atoms with E-state index in [1.165, 1.54) is 33.4 Å². The standard InChI is InChI=1S/C66H72ClN3O4S2/c1-64(2,3)74-63(72)70(45-48-76-66(54-29-17-8-18-30-54,55-31-19-9-20-32-55)56-33-21-10-22-34-56)42-41-69(43-46-73-62(71)61-59(50-35-37-57(67)38-36-50)49-58-39-40-60(61)68(58)4)44-47-75-65(51-23-11-5-12-24-51,52-25-13-6-14-26-52)53-27-15-7-16-28-53/h5-38,58-61H,39-49H2,1-4H3/t58?,59-,60?,61+/m1/s1. The zero-order valence-electron chi connectivity index (χ0n) is 44.4. The third-order valence-corrected chi connectivity index (χ3v) is 18.6. The van der Waals surface area contributed by atoms with E-state index in [2.05, 4.69) is 211 Å². The average molecular weight is 1070 g/mol. The lowest BCUT2D eigenvalue weighted by molar-refractivity contribution is -0.153. The molecule has 2 bridgehead atoms. The second-order valence-electron chi connectivity index (χ2n) is 21.1. The zero-order chi connectivity index (χ0) is 53.0. The first-order valence-corrected chi connectivity index (χ1v) is 29.3. The van der Waals surface area contributed by atoms with Crippen LogP contribution in [0.15, 0.2) is 206 Å². The number of halogens is 1. The first-order chi connectivity index (χ1) is 37.0. The van der Waals surface area contributed by atoms with Crippen molar-refractivity contribution < 1.29 is 19.1 Å². The van der Waals surface area contributed by atoms with Crippen LogP contribution >= 0.6 is 35.1 Å². The Morgan fingerprint density at radius 3 is 1.39 bits per heavy atom. The number of nitrogens with zero attached hydrogens (tertiary/aromatic N) is 3. The molecule has 76 heavy (non-hydrogen) atoms. The van der Waals surface area contributed by atoms with Gasteiger partial charge in [0.1, 0.15) is 12.2 Å². The van der Waals surface area contributed by atoms with Crippen LogP contribution in [-0.4, -0.2) is 102 Å². The van der Waals surface area contributed by atoms with Gasteiger partial charge in [0.2, 0.25) is 0 Å². The fraction of sp³-hybridized carbons (Fsp3) is 0.333. The van der Waals surface area contributed by atoms with E-state index >= 15 is 0 Å². The van der Waals surface area contributed by atoms with Crippen LogP contribution < -0.4 is 0 Å². The molecule has 0 aliphatic carbocycles. The summed E-state index contributed by atoms with van der Waals surface area (Å²) in [4.78, 5) is 35.7. The molecule has 0 saturated carbocycles. The van der Waals surface area contributed by atoms with Gasteiger partial charge in [0.05, 0.1) is 15.4 Å². The number of carbonyl (C=O) groups excluding carboxylic acids is 2. The number of rotatable bonds is 22. The lowest BCUT2D eigenvalue weighted by Crippen LogP contribution is -2.49. The molecule has 7 aromatic carbocycles. The van der Waals surface area contributed by atoms with Gasteiger partial charge in [-0.05, 0) is 98.2 Å². The van der Waals surface area contributed by atoms with Crippen LogP contribution in [0.25, 0.3) is 0 Å². The van der Waals surface area contributed by atoms with Crippen molar-refractivity contribution in [2.75, 3.05) is 57.9 Å². The van der Waals surface area contributed by atoms with E-state index in [1.807, 2.05) is 61.3 Å². The molecule has 10 heteroatoms. The summed E-state index contributed by atoms with van der Waals surface area (Å²) in [6.45, 7) is 8.59. The van der Waals surface area contributed by atoms with Gasteiger partial charge < -0.3 is 14.4 Å². The van der Waals surface area contributed by atoms with Gasteiger partial charge in [-0.3, -0.25) is 14.6 Å². The average Bonchev–Trinajstić information content (AvgIpc) is 3.67. The second-order valence-corrected chi connectivity index (χ2v) is 24.2. The van der Waals surface area contributed by atoms with Crippen LogP contribution in [-0.2, 0) is 23.8 Å². The molecule has 7 aromatic rings. The second kappa shape index (κ2) is 25.6. The van der Waals surface area contributed by atoms with Crippen molar-refractivity contribution in [2.24, 2.45) is 5.92 Å². The monoisotopic (exact) mass is 1070 g/mol. The maximum absolute atomic E-state index is 14.6. The summed E-state index contributed by atoms with van der Waals surface area (Å²) in [7, 11) is 2.17. The minimum atomic E-state index is -0.694. The quantitative estimate of drug-likeness (QED) is 0.0491. The molecule has 0 spiro atoms. The zero-order valence-corrected chi connectivity index (χ0v) is 46.8. The molecule has 2 heterocycles. The fourth-order valence-electron chi connectivity index (χ4n) is 11.6. The number of benzene rings is 7. The summed E-state index contributed by atoms with van der Waals surface area (Å²) in [5.74, 6) is 1.00. The Bertz CT molecular complexity index is 2700. The lowest BCUT2D eigenvalue weighted by Gasteiger charge is -2.42. The number of fused-ring (bicyclic) bond motifs is 2. The minimum Gasteiger partial charge on any atom is -0.464 e. The van der Waals surface area contributed by atoms with E-state index in [4.69, 9.17) is 21.1 Å². The highest BCUT2D eigenvalue weighted by Crippen LogP contribution is 2.50. The highest BCUT2D eigenvalue weighted by molar-refractivity contribution is 8.00. The van der Waals surface area contributed by atoms with Crippen molar-refractivity contribution in [3.8, 4) is 0 Å². The number of ether oxygens (including phenoxy) is 2. The minimum absolute atomic E-state index is 0.0534. The van der Waals surface area contributed by atoms with Crippen molar-refractivity contribution in [3.63, 3.8) is 0 Å². The molecule has 2 aliphatic rings. The number of carbonyl (C=O) groups is 2. The predicted octanol–water partition coefficient (Wildman–Crippen LogP) is 14.4. The van der Waals surface area contributed by atoms with Gasteiger partial charge in [-0.2, -0.15) is 0 Å². The molecular weight excluding hydrogens is 998 g/mol. The van der Waals surface area contributed by atoms with Crippen LogP contribution in [0.2, 0.25) is 5.02 Å². The third-order valence-electron chi connectivity index (χ3n) is 15.3. The van der Waals surface area contributed by atoms with Crippen LogP contribution in [0.5, 0.6) is 0 Å². The largest absolute Gasteiger partial charge is 0.464 e. The number of hydrogen-bond acceptors (Lipinski definition) is 8. The van der Waals surface area contributed by atoms with Crippen molar-refractivity contribution >= 4 is 47.2 Å². The van der Waals surface area contributed by atoms with Gasteiger partial charge in [0.15, 0.2) is 0 Å². The summed E-state index contributed by atoms with van der Waals surface area (Å²) in [6.07, 6.45) is 2.61. The first kappa shape index (κ1) is 55.0. The SMILES string of the molecule is CN1C2CCC1[C@@H](C(=O)OCCN(CCSC(c1ccccc1)(c1ccccc1)c1ccccc1)CCN(CCSC(c1ccccc1)(c1ccccc1)c1ccccc1)C(=O)OC(C)(C)C)[C@@H](c1ccc(Cl)cc1)C2. The summed E-state index contributed by atoms with van der Waals surface area (Å²) >= 11 is 10.1. The molecular formula is C66H72ClN3O4S2. The Hall–Kier alpha value is -5.81. The molecule has 2 fully saturated rings. The van der Waals surface area contributed by atoms with Crippen LogP contribution in [0, 0.1) is 5.92 Å². The van der Waals surface area contributed by atoms with Crippen LogP contribution in [0.4, 0.5) is 4.79 Å². The van der Waals surface area contributed by atoms with Gasteiger partial charge >= 0.3 is 12.1 Å². The van der Waals surface area contributed by atoms with Gasteiger partial charge in [-0.25, -0.2) is 4.79 Å². The number of esters is 1. The molecule has 2 unspecified atom stereocenters. The van der Waals surface area contributed by atoms with Gasteiger partial charge in [0, 0.05) is 67.3 Å². The normalized spacial score (nSPS) is 17.8. The van der Waals surface area contributed by atoms with Crippen molar-refractivity contribution in [2.45, 2.75) is 73.1 Å². The molecule has 0 radical (unpaired) electrons. The molecule has 0 aromatic heterocycles. The maximum Gasteiger partial charge on any atom is 0.410 e. The Morgan fingerprint density at radius 1 is 0.553 bits per heavy atom. The van der Waals surface area contributed by atoms with Gasteiger partial charge in [-0.1, -0.05) is 206 Å². The van der Waals surface area contributed by atoms with Gasteiger partial charge in [-0.15, -0.1) is 23.5 Å². The highest BCUT2D eigenvalue weighted by Gasteiger charge is 2.50. The van der Waals surface area contributed by atoms with Crippen molar-refractivity contribution in [1.82, 2.24) is 14.7 Å². The number of amides is 1. The maximum atomic E-state index is 14.6. The van der Waals surface area contributed by atoms with E-state index in [0.717, 1.165) is 30.6 Å². The molecule has 9 rings (SSSR count). The summed E-state index contributed by atoms with van der Waals surface area (Å²) in [5, 5.41) is 0.689. The topological polar surface area (TPSA) is 62.3 Å². The van der Waals surface area contributed by atoms with Crippen LogP contribution in [0.3, 0.4) is 0 Å². The van der Waals surface area contributed by atoms with Gasteiger partial charge in [0.25, 0.3) is 0 Å². The predicted molar refractivity (Wildman–Crippen MR) is 315 cm³/mol. The number of piperidine rings is 1. The van der Waals surface area contributed by atoms with E-state index in [1.54, 1.807) is 0 Å². The number of thioether (sulfide) groups is 2. The summed E-state index contributed by atoms with van der Waals surface area (Å²) in [6, 6.07) is 73.0. The fourth-order valence-corrected chi connectivity index (χ4v) is 14.8. The molecule has 2 saturated heterocycles. The molecule has 7 nitrogen and oxygen atoms in total. The number of hydrogen-bond donors (Lipinski definition) is 0. The molecule has 0 N–H and O–H groups in total. The molecule has 2 aliphatic heterocycles. The van der Waals surface area contributed by atoms with E-state index < -0.39 is 15.1 Å². The smallest absolute Gasteiger partial charge is 0.410 e. The summed E-state index contributed by atoms with van der Waals surface area (Å²) in [5.41, 5.74) is 7.56. The molecule has 1 amide bonds. The Labute approximate surface area is 465 Å². The first-order valence-electron chi connectivity index (χ1n) is 26.9. The lowest BCUT2D eigenvalue weighted by atomic mass is 9.76. The van der Waals surface area contributed by atoms with E-state index in [0.29, 0.717) is 49.5 Å². The molecule has 394 valence electrons. The Morgan fingerprint density at radius 2 is 0.974 bits per heavy atom. The van der Waals surface area contributed by atoms with E-state index in [-0.39, 0.29) is 36.5 Å². The molecule has 4 atom stereocenters. The van der Waals surface area contributed by atoms with Crippen molar-refractivity contribution in [3.05, 3.63) is 250 Å². The Balaban J connectivity index is 0.993. The van der Waals surface area contributed by atoms with Crippen molar-refractivity contribution in [1.29, 1.82) is 0 Å². The van der Waals surface area contributed by atoms with E-state index in [9.17, 15) is 9.59 Å². The highest BCUT2D eigenvalue weighted by atomic mass is 35.5. The third kappa shape index (κ3) is 12.8. The summed E-state index contributed by atoms with van der Waals surface area (Å²) < 4.78 is 11.6. The van der Waals surface area contributed by atoms with Crippen LogP contribution in [0.1, 0.15) is 84.9 Å².